The normalized spacial score (nSPS) is 32.3. The summed E-state index contributed by atoms with van der Waals surface area (Å²) in [6, 6.07) is 0.585. The predicted octanol–water partition coefficient (Wildman–Crippen LogP) is 2.89. The van der Waals surface area contributed by atoms with E-state index in [1.165, 1.54) is 47.8 Å². The van der Waals surface area contributed by atoms with Crippen LogP contribution >= 0.6 is 11.3 Å². The number of likely N-dealkylation sites (tertiary alicyclic amines) is 1. The monoisotopic (exact) mass is 280 g/mol. The Labute approximate surface area is 119 Å². The third kappa shape index (κ3) is 2.71. The van der Waals surface area contributed by atoms with Gasteiger partial charge >= 0.3 is 0 Å². The molecule has 3 unspecified atom stereocenters. The molecule has 0 amide bonds. The van der Waals surface area contributed by atoms with Gasteiger partial charge in [-0.25, -0.2) is 4.98 Å². The average Bonchev–Trinajstić information content (AvgIpc) is 3.03. The Bertz CT molecular complexity index is 426. The van der Waals surface area contributed by atoms with Crippen LogP contribution in [0, 0.1) is 19.8 Å². The van der Waals surface area contributed by atoms with Gasteiger partial charge in [-0.2, -0.15) is 0 Å². The summed E-state index contributed by atoms with van der Waals surface area (Å²) in [6.07, 6.45) is 5.88. The van der Waals surface area contributed by atoms with Gasteiger partial charge in [0.15, 0.2) is 0 Å². The Morgan fingerprint density at radius 3 is 2.74 bits per heavy atom. The third-order valence-electron chi connectivity index (χ3n) is 4.85. The number of aliphatic hydroxyl groups is 1. The van der Waals surface area contributed by atoms with Crippen molar-refractivity contribution in [1.82, 2.24) is 9.88 Å². The largest absolute Gasteiger partial charge is 0.393 e. The molecule has 0 bridgehead atoms. The number of hydrogen-bond acceptors (Lipinski definition) is 4. The molecule has 1 aliphatic carbocycles. The van der Waals surface area contributed by atoms with Crippen LogP contribution in [-0.4, -0.2) is 33.7 Å². The lowest BCUT2D eigenvalue weighted by Gasteiger charge is -2.30. The van der Waals surface area contributed by atoms with E-state index in [1.54, 1.807) is 0 Å². The SMILES string of the molecule is Cc1nc(CN2CCCC2C2CCCC2O)sc1C. The first-order valence-electron chi connectivity index (χ1n) is 7.50. The summed E-state index contributed by atoms with van der Waals surface area (Å²) < 4.78 is 0. The van der Waals surface area contributed by atoms with Gasteiger partial charge in [0.1, 0.15) is 5.01 Å². The maximum absolute atomic E-state index is 10.1. The van der Waals surface area contributed by atoms with Crippen LogP contribution in [0.1, 0.15) is 47.7 Å². The molecule has 1 aromatic rings. The first-order chi connectivity index (χ1) is 9.15. The molecule has 2 aliphatic rings. The third-order valence-corrected chi connectivity index (χ3v) is 5.91. The number of hydrogen-bond donors (Lipinski definition) is 1. The summed E-state index contributed by atoms with van der Waals surface area (Å²) in [5.74, 6) is 0.504. The molecular formula is C15H24N2OS. The second kappa shape index (κ2) is 5.51. The van der Waals surface area contributed by atoms with E-state index in [4.69, 9.17) is 0 Å². The van der Waals surface area contributed by atoms with Crippen LogP contribution in [-0.2, 0) is 6.54 Å². The quantitative estimate of drug-likeness (QED) is 0.925. The molecule has 1 saturated carbocycles. The number of aliphatic hydroxyl groups excluding tert-OH is 1. The summed E-state index contributed by atoms with van der Waals surface area (Å²) in [6.45, 7) is 6.40. The molecule has 19 heavy (non-hydrogen) atoms. The first kappa shape index (κ1) is 13.5. The maximum Gasteiger partial charge on any atom is 0.107 e. The summed E-state index contributed by atoms with van der Waals surface area (Å²) >= 11 is 1.83. The standard InChI is InChI=1S/C15H24N2OS/c1-10-11(2)19-15(16-10)9-17-8-4-6-13(17)12-5-3-7-14(12)18/h12-14,18H,3-9H2,1-2H3. The van der Waals surface area contributed by atoms with Gasteiger partial charge in [-0.05, 0) is 46.1 Å². The molecule has 3 atom stereocenters. The summed E-state index contributed by atoms with van der Waals surface area (Å²) in [5, 5.41) is 11.4. The van der Waals surface area contributed by atoms with Crippen molar-refractivity contribution >= 4 is 11.3 Å². The number of rotatable bonds is 3. The van der Waals surface area contributed by atoms with Gasteiger partial charge in [-0.3, -0.25) is 4.90 Å². The summed E-state index contributed by atoms with van der Waals surface area (Å²) in [7, 11) is 0. The molecule has 1 aliphatic heterocycles. The van der Waals surface area contributed by atoms with E-state index >= 15 is 0 Å². The number of thiazole rings is 1. The van der Waals surface area contributed by atoms with Crippen LogP contribution in [0.4, 0.5) is 0 Å². The molecule has 0 aromatic carbocycles. The van der Waals surface area contributed by atoms with Gasteiger partial charge in [-0.15, -0.1) is 11.3 Å². The van der Waals surface area contributed by atoms with Crippen molar-refractivity contribution in [2.24, 2.45) is 5.92 Å². The second-order valence-corrected chi connectivity index (χ2v) is 7.38. The highest BCUT2D eigenvalue weighted by Gasteiger charge is 2.38. The van der Waals surface area contributed by atoms with Crippen LogP contribution in [0.2, 0.25) is 0 Å². The van der Waals surface area contributed by atoms with Gasteiger partial charge in [0, 0.05) is 16.8 Å². The van der Waals surface area contributed by atoms with E-state index in [2.05, 4.69) is 23.7 Å². The van der Waals surface area contributed by atoms with Gasteiger partial charge in [0.2, 0.25) is 0 Å². The van der Waals surface area contributed by atoms with Crippen molar-refractivity contribution in [1.29, 1.82) is 0 Å². The lowest BCUT2D eigenvalue weighted by molar-refractivity contribution is 0.0718. The summed E-state index contributed by atoms with van der Waals surface area (Å²) in [4.78, 5) is 8.57. The van der Waals surface area contributed by atoms with Crippen LogP contribution < -0.4 is 0 Å². The van der Waals surface area contributed by atoms with Crippen molar-refractivity contribution in [3.63, 3.8) is 0 Å². The average molecular weight is 280 g/mol. The lowest BCUT2D eigenvalue weighted by Crippen LogP contribution is -2.38. The fourth-order valence-electron chi connectivity index (χ4n) is 3.73. The van der Waals surface area contributed by atoms with Crippen LogP contribution in [0.5, 0.6) is 0 Å². The van der Waals surface area contributed by atoms with Crippen molar-refractivity contribution in [2.45, 2.75) is 64.6 Å². The van der Waals surface area contributed by atoms with Gasteiger partial charge < -0.3 is 5.11 Å². The van der Waals surface area contributed by atoms with Gasteiger partial charge in [0.05, 0.1) is 18.3 Å². The van der Waals surface area contributed by atoms with E-state index in [1.807, 2.05) is 11.3 Å². The van der Waals surface area contributed by atoms with E-state index in [9.17, 15) is 5.11 Å². The van der Waals surface area contributed by atoms with E-state index < -0.39 is 0 Å². The second-order valence-electron chi connectivity index (χ2n) is 6.09. The maximum atomic E-state index is 10.1. The van der Waals surface area contributed by atoms with Crippen molar-refractivity contribution in [2.75, 3.05) is 6.54 Å². The molecule has 1 N–H and O–H groups in total. The zero-order valence-corrected chi connectivity index (χ0v) is 12.7. The minimum absolute atomic E-state index is 0.0645. The van der Waals surface area contributed by atoms with Gasteiger partial charge in [0.25, 0.3) is 0 Å². The number of nitrogens with zero attached hydrogens (tertiary/aromatic N) is 2. The molecule has 0 radical (unpaired) electrons. The Balaban J connectivity index is 1.69. The van der Waals surface area contributed by atoms with Crippen molar-refractivity contribution in [3.8, 4) is 0 Å². The highest BCUT2D eigenvalue weighted by molar-refractivity contribution is 7.11. The molecule has 2 heterocycles. The first-order valence-corrected chi connectivity index (χ1v) is 8.32. The Kier molecular flexibility index (Phi) is 3.92. The van der Waals surface area contributed by atoms with E-state index in [-0.39, 0.29) is 6.10 Å². The van der Waals surface area contributed by atoms with E-state index in [0.29, 0.717) is 12.0 Å². The molecular weight excluding hydrogens is 256 g/mol. The number of aromatic nitrogens is 1. The smallest absolute Gasteiger partial charge is 0.107 e. The molecule has 1 saturated heterocycles. The molecule has 0 spiro atoms. The zero-order valence-electron chi connectivity index (χ0n) is 11.9. The predicted molar refractivity (Wildman–Crippen MR) is 78.4 cm³/mol. The van der Waals surface area contributed by atoms with Crippen LogP contribution in [0.3, 0.4) is 0 Å². The number of aryl methyl sites for hydroxylation is 2. The zero-order chi connectivity index (χ0) is 13.4. The Hall–Kier alpha value is -0.450. The Morgan fingerprint density at radius 2 is 2.11 bits per heavy atom. The molecule has 2 fully saturated rings. The van der Waals surface area contributed by atoms with Crippen LogP contribution in [0.15, 0.2) is 0 Å². The highest BCUT2D eigenvalue weighted by Crippen LogP contribution is 2.36. The highest BCUT2D eigenvalue weighted by atomic mass is 32.1. The molecule has 3 nitrogen and oxygen atoms in total. The minimum Gasteiger partial charge on any atom is -0.393 e. The van der Waals surface area contributed by atoms with Crippen LogP contribution in [0.25, 0.3) is 0 Å². The lowest BCUT2D eigenvalue weighted by atomic mass is 9.94. The van der Waals surface area contributed by atoms with Crippen molar-refractivity contribution < 1.29 is 5.11 Å². The summed E-state index contributed by atoms with van der Waals surface area (Å²) in [5.41, 5.74) is 1.18. The fourth-order valence-corrected chi connectivity index (χ4v) is 4.69. The minimum atomic E-state index is -0.0645. The molecule has 106 valence electrons. The molecule has 3 rings (SSSR count). The topological polar surface area (TPSA) is 36.4 Å². The fraction of sp³-hybridized carbons (Fsp3) is 0.800. The van der Waals surface area contributed by atoms with E-state index in [0.717, 1.165) is 13.0 Å². The Morgan fingerprint density at radius 1 is 1.26 bits per heavy atom. The van der Waals surface area contributed by atoms with Gasteiger partial charge in [-0.1, -0.05) is 6.42 Å². The molecule has 4 heteroatoms. The van der Waals surface area contributed by atoms with Crippen molar-refractivity contribution in [3.05, 3.63) is 15.6 Å². The molecule has 1 aromatic heterocycles.